The molecule has 2 heterocycles. The van der Waals surface area contributed by atoms with Gasteiger partial charge in [-0.3, -0.25) is 4.79 Å². The number of anilines is 1. The van der Waals surface area contributed by atoms with Crippen LogP contribution >= 0.6 is 0 Å². The van der Waals surface area contributed by atoms with Gasteiger partial charge in [-0.2, -0.15) is 5.10 Å². The Bertz CT molecular complexity index is 1550. The van der Waals surface area contributed by atoms with Crippen LogP contribution in [0.1, 0.15) is 21.5 Å². The molecule has 0 radical (unpaired) electrons. The van der Waals surface area contributed by atoms with Gasteiger partial charge in [0.2, 0.25) is 0 Å². The molecule has 0 spiro atoms. The normalized spacial score (nSPS) is 10.7. The van der Waals surface area contributed by atoms with E-state index >= 15 is 0 Å². The van der Waals surface area contributed by atoms with E-state index in [1.54, 1.807) is 48.6 Å². The molecule has 0 saturated heterocycles. The molecule has 5 rings (SSSR count). The van der Waals surface area contributed by atoms with Crippen LogP contribution in [0.15, 0.2) is 91.4 Å². The molecule has 8 nitrogen and oxygen atoms in total. The molecule has 0 saturated carbocycles. The van der Waals surface area contributed by atoms with Crippen molar-refractivity contribution in [2.24, 2.45) is 0 Å². The number of methoxy groups -OCH3 is 1. The van der Waals surface area contributed by atoms with Gasteiger partial charge in [0.1, 0.15) is 17.2 Å². The molecule has 0 fully saturated rings. The largest absolute Gasteiger partial charge is 0.497 e. The van der Waals surface area contributed by atoms with Gasteiger partial charge in [0.25, 0.3) is 5.91 Å². The Balaban J connectivity index is 1.46. The third kappa shape index (κ3) is 5.33. The molecule has 37 heavy (non-hydrogen) atoms. The van der Waals surface area contributed by atoms with Crippen LogP contribution in [0.3, 0.4) is 0 Å². The fourth-order valence-corrected chi connectivity index (χ4v) is 3.83. The SMILES string of the molecule is COc1cccc(-c2nn(-c3ccc(C)cc3)cc2C(=O)Nc2ccc(Oc3ncccn3)cc2C)c1. The van der Waals surface area contributed by atoms with Gasteiger partial charge < -0.3 is 14.8 Å². The molecular formula is C29H25N5O3. The number of amides is 1. The quantitative estimate of drug-likeness (QED) is 0.300. The summed E-state index contributed by atoms with van der Waals surface area (Å²) in [4.78, 5) is 21.7. The van der Waals surface area contributed by atoms with E-state index < -0.39 is 0 Å². The number of carbonyl (C=O) groups excluding carboxylic acids is 1. The molecule has 0 aliphatic rings. The molecule has 0 aliphatic carbocycles. The minimum absolute atomic E-state index is 0.255. The summed E-state index contributed by atoms with van der Waals surface area (Å²) < 4.78 is 12.8. The van der Waals surface area contributed by atoms with E-state index in [1.807, 2.05) is 68.4 Å². The number of ether oxygens (including phenoxy) is 2. The average molecular weight is 492 g/mol. The number of nitrogens with zero attached hydrogens (tertiary/aromatic N) is 4. The molecule has 1 amide bonds. The molecule has 1 N–H and O–H groups in total. The lowest BCUT2D eigenvalue weighted by atomic mass is 10.1. The summed E-state index contributed by atoms with van der Waals surface area (Å²) in [5.41, 5.74) is 5.25. The van der Waals surface area contributed by atoms with Gasteiger partial charge in [-0.25, -0.2) is 14.6 Å². The molecular weight excluding hydrogens is 466 g/mol. The van der Waals surface area contributed by atoms with E-state index in [1.165, 1.54) is 0 Å². The van der Waals surface area contributed by atoms with Crippen LogP contribution in [0.4, 0.5) is 5.69 Å². The van der Waals surface area contributed by atoms with Gasteiger partial charge in [0.15, 0.2) is 0 Å². The van der Waals surface area contributed by atoms with Crippen LogP contribution in [0.5, 0.6) is 17.5 Å². The van der Waals surface area contributed by atoms with Gasteiger partial charge in [-0.1, -0.05) is 29.8 Å². The predicted molar refractivity (Wildman–Crippen MR) is 142 cm³/mol. The van der Waals surface area contributed by atoms with Crippen molar-refractivity contribution < 1.29 is 14.3 Å². The standard InChI is InChI=1S/C29H25N5O3/c1-19-8-10-22(11-9-19)34-18-25(27(33-34)21-6-4-7-23(17-21)36-3)28(35)32-26-13-12-24(16-20(26)2)37-29-30-14-5-15-31-29/h4-18H,1-3H3,(H,32,35). The van der Waals surface area contributed by atoms with Crippen molar-refractivity contribution in [1.82, 2.24) is 19.7 Å². The first kappa shape index (κ1) is 23.7. The minimum atomic E-state index is -0.278. The molecule has 3 aromatic carbocycles. The second kappa shape index (κ2) is 10.3. The molecule has 184 valence electrons. The van der Waals surface area contributed by atoms with E-state index in [4.69, 9.17) is 14.6 Å². The first-order chi connectivity index (χ1) is 18.0. The van der Waals surface area contributed by atoms with Gasteiger partial charge in [-0.05, 0) is 67.9 Å². The maximum absolute atomic E-state index is 13.5. The zero-order valence-corrected chi connectivity index (χ0v) is 20.7. The van der Waals surface area contributed by atoms with Crippen molar-refractivity contribution in [1.29, 1.82) is 0 Å². The Morgan fingerprint density at radius 1 is 0.892 bits per heavy atom. The van der Waals surface area contributed by atoms with Crippen molar-refractivity contribution in [3.8, 4) is 34.5 Å². The highest BCUT2D eigenvalue weighted by atomic mass is 16.5. The average Bonchev–Trinajstić information content (AvgIpc) is 3.37. The van der Waals surface area contributed by atoms with E-state index in [9.17, 15) is 4.79 Å². The van der Waals surface area contributed by atoms with Crippen LogP contribution in [0, 0.1) is 13.8 Å². The van der Waals surface area contributed by atoms with Crippen molar-refractivity contribution in [3.63, 3.8) is 0 Å². The highest BCUT2D eigenvalue weighted by Crippen LogP contribution is 2.29. The fourth-order valence-electron chi connectivity index (χ4n) is 3.83. The molecule has 8 heteroatoms. The van der Waals surface area contributed by atoms with E-state index in [0.29, 0.717) is 28.4 Å². The van der Waals surface area contributed by atoms with Gasteiger partial charge in [0, 0.05) is 29.8 Å². The lowest BCUT2D eigenvalue weighted by Crippen LogP contribution is -2.13. The van der Waals surface area contributed by atoms with Crippen LogP contribution in [0.2, 0.25) is 0 Å². The maximum atomic E-state index is 13.5. The predicted octanol–water partition coefficient (Wildman–Crippen LogP) is 6.00. The van der Waals surface area contributed by atoms with Gasteiger partial charge >= 0.3 is 6.01 Å². The summed E-state index contributed by atoms with van der Waals surface area (Å²) in [6, 6.07) is 22.8. The lowest BCUT2D eigenvalue weighted by Gasteiger charge is -2.11. The number of aryl methyl sites for hydroxylation is 2. The van der Waals surface area contributed by atoms with Crippen LogP contribution in [-0.2, 0) is 0 Å². The number of nitrogens with one attached hydrogen (secondary N) is 1. The Morgan fingerprint density at radius 3 is 2.41 bits per heavy atom. The smallest absolute Gasteiger partial charge is 0.321 e. The molecule has 0 atom stereocenters. The molecule has 0 unspecified atom stereocenters. The molecule has 2 aromatic heterocycles. The second-order valence-corrected chi connectivity index (χ2v) is 8.47. The first-order valence-corrected chi connectivity index (χ1v) is 11.7. The zero-order valence-electron chi connectivity index (χ0n) is 20.7. The number of hydrogen-bond donors (Lipinski definition) is 1. The molecule has 0 aliphatic heterocycles. The first-order valence-electron chi connectivity index (χ1n) is 11.7. The van der Waals surface area contributed by atoms with Gasteiger partial charge in [-0.15, -0.1) is 0 Å². The summed E-state index contributed by atoms with van der Waals surface area (Å²) in [6.07, 6.45) is 4.97. The summed E-state index contributed by atoms with van der Waals surface area (Å²) >= 11 is 0. The number of aromatic nitrogens is 4. The van der Waals surface area contributed by atoms with Crippen molar-refractivity contribution >= 4 is 11.6 Å². The number of rotatable bonds is 7. The summed E-state index contributed by atoms with van der Waals surface area (Å²) in [5, 5.41) is 7.79. The Morgan fingerprint density at radius 2 is 1.68 bits per heavy atom. The Labute approximate surface area is 214 Å². The van der Waals surface area contributed by atoms with Crippen LogP contribution < -0.4 is 14.8 Å². The van der Waals surface area contributed by atoms with Crippen molar-refractivity contribution in [3.05, 3.63) is 108 Å². The van der Waals surface area contributed by atoms with Crippen LogP contribution in [-0.4, -0.2) is 32.8 Å². The topological polar surface area (TPSA) is 91.2 Å². The van der Waals surface area contributed by atoms with Gasteiger partial charge in [0.05, 0.1) is 18.4 Å². The number of carbonyl (C=O) groups is 1. The maximum Gasteiger partial charge on any atom is 0.321 e. The third-order valence-corrected chi connectivity index (χ3v) is 5.80. The minimum Gasteiger partial charge on any atom is -0.497 e. The van der Waals surface area contributed by atoms with Crippen molar-refractivity contribution in [2.45, 2.75) is 13.8 Å². The van der Waals surface area contributed by atoms with E-state index in [2.05, 4.69) is 15.3 Å². The monoisotopic (exact) mass is 491 g/mol. The van der Waals surface area contributed by atoms with Crippen molar-refractivity contribution in [2.75, 3.05) is 12.4 Å². The molecule has 5 aromatic rings. The van der Waals surface area contributed by atoms with Crippen LogP contribution in [0.25, 0.3) is 16.9 Å². The third-order valence-electron chi connectivity index (χ3n) is 5.80. The highest BCUT2D eigenvalue weighted by molar-refractivity contribution is 6.08. The fraction of sp³-hybridized carbons (Fsp3) is 0.103. The Kier molecular flexibility index (Phi) is 6.63. The van der Waals surface area contributed by atoms with E-state index in [-0.39, 0.29) is 11.9 Å². The number of benzene rings is 3. The number of hydrogen-bond acceptors (Lipinski definition) is 6. The lowest BCUT2D eigenvalue weighted by molar-refractivity contribution is 0.102. The van der Waals surface area contributed by atoms with E-state index in [0.717, 1.165) is 22.4 Å². The summed E-state index contributed by atoms with van der Waals surface area (Å²) in [6.45, 7) is 3.92. The Hall–Kier alpha value is -4.98. The summed E-state index contributed by atoms with van der Waals surface area (Å²) in [5.74, 6) is 0.980. The zero-order chi connectivity index (χ0) is 25.8. The molecule has 0 bridgehead atoms. The summed E-state index contributed by atoms with van der Waals surface area (Å²) in [7, 11) is 1.61. The highest BCUT2D eigenvalue weighted by Gasteiger charge is 2.20. The second-order valence-electron chi connectivity index (χ2n) is 8.47.